The van der Waals surface area contributed by atoms with Crippen LogP contribution in [0, 0.1) is 0 Å². The molecule has 1 aromatic carbocycles. The van der Waals surface area contributed by atoms with Gasteiger partial charge in [0.25, 0.3) is 0 Å². The Hall–Kier alpha value is -0.860. The minimum absolute atomic E-state index is 0.212. The van der Waals surface area contributed by atoms with E-state index >= 15 is 0 Å². The molecule has 1 aliphatic heterocycles. The molecule has 0 unspecified atom stereocenters. The molecule has 88 valence electrons. The molecule has 1 aromatic rings. The van der Waals surface area contributed by atoms with Crippen molar-refractivity contribution in [3.05, 3.63) is 35.9 Å². The molecule has 0 radical (unpaired) electrons. The maximum absolute atomic E-state index is 9.41. The number of aliphatic hydroxyl groups is 1. The van der Waals surface area contributed by atoms with Gasteiger partial charge in [0, 0.05) is 18.1 Å². The molecule has 1 saturated heterocycles. The summed E-state index contributed by atoms with van der Waals surface area (Å²) in [5.74, 6) is 0. The van der Waals surface area contributed by atoms with E-state index in [1.807, 2.05) is 6.07 Å². The van der Waals surface area contributed by atoms with Gasteiger partial charge in [0.1, 0.15) is 0 Å². The largest absolute Gasteiger partial charge is 0.395 e. The van der Waals surface area contributed by atoms with Crippen LogP contribution in [0.4, 0.5) is 0 Å². The quantitative estimate of drug-likeness (QED) is 0.844. The van der Waals surface area contributed by atoms with Gasteiger partial charge < -0.3 is 5.11 Å². The molecule has 1 N–H and O–H groups in total. The predicted molar refractivity (Wildman–Crippen MR) is 66.2 cm³/mol. The van der Waals surface area contributed by atoms with Gasteiger partial charge in [-0.15, -0.1) is 0 Å². The second-order valence-corrected chi connectivity index (χ2v) is 5.30. The van der Waals surface area contributed by atoms with Crippen LogP contribution in [-0.4, -0.2) is 28.2 Å². The van der Waals surface area contributed by atoms with Gasteiger partial charge in [-0.25, -0.2) is 0 Å². The fourth-order valence-electron chi connectivity index (χ4n) is 2.63. The Morgan fingerprint density at radius 3 is 2.62 bits per heavy atom. The lowest BCUT2D eigenvalue weighted by atomic mass is 10.0. The molecule has 2 nitrogen and oxygen atoms in total. The SMILES string of the molecule is CC1(C)CC[C@H](CO)N1Cc1ccccc1. The van der Waals surface area contributed by atoms with Crippen molar-refractivity contribution >= 4 is 0 Å². The lowest BCUT2D eigenvalue weighted by Crippen LogP contribution is -2.43. The van der Waals surface area contributed by atoms with Gasteiger partial charge in [0.05, 0.1) is 6.61 Å². The summed E-state index contributed by atoms with van der Waals surface area (Å²) in [5.41, 5.74) is 1.54. The Kier molecular flexibility index (Phi) is 3.31. The summed E-state index contributed by atoms with van der Waals surface area (Å²) in [4.78, 5) is 2.43. The Morgan fingerprint density at radius 2 is 2.00 bits per heavy atom. The summed E-state index contributed by atoms with van der Waals surface area (Å²) in [6, 6.07) is 10.8. The third kappa shape index (κ3) is 2.28. The summed E-state index contributed by atoms with van der Waals surface area (Å²) in [5, 5.41) is 9.41. The van der Waals surface area contributed by atoms with Crippen molar-refractivity contribution in [1.82, 2.24) is 4.90 Å². The maximum Gasteiger partial charge on any atom is 0.0587 e. The molecule has 0 bridgehead atoms. The average molecular weight is 219 g/mol. The smallest absolute Gasteiger partial charge is 0.0587 e. The van der Waals surface area contributed by atoms with Crippen LogP contribution in [-0.2, 0) is 6.54 Å². The monoisotopic (exact) mass is 219 g/mol. The molecule has 2 rings (SSSR count). The van der Waals surface area contributed by atoms with E-state index in [0.717, 1.165) is 13.0 Å². The third-order valence-electron chi connectivity index (χ3n) is 3.71. The molecule has 0 spiro atoms. The second-order valence-electron chi connectivity index (χ2n) is 5.30. The van der Waals surface area contributed by atoms with Gasteiger partial charge in [-0.3, -0.25) is 4.90 Å². The fraction of sp³-hybridized carbons (Fsp3) is 0.571. The molecular formula is C14H21NO. The van der Waals surface area contributed by atoms with Gasteiger partial charge in [-0.05, 0) is 32.3 Å². The van der Waals surface area contributed by atoms with Gasteiger partial charge >= 0.3 is 0 Å². The highest BCUT2D eigenvalue weighted by Crippen LogP contribution is 2.34. The van der Waals surface area contributed by atoms with E-state index in [9.17, 15) is 5.11 Å². The number of rotatable bonds is 3. The Bertz CT molecular complexity index is 334. The van der Waals surface area contributed by atoms with Gasteiger partial charge in [0.15, 0.2) is 0 Å². The van der Waals surface area contributed by atoms with Crippen LogP contribution in [0.5, 0.6) is 0 Å². The van der Waals surface area contributed by atoms with Crippen LogP contribution >= 0.6 is 0 Å². The molecule has 2 heteroatoms. The highest BCUT2D eigenvalue weighted by Gasteiger charge is 2.38. The Balaban J connectivity index is 2.12. The first-order valence-electron chi connectivity index (χ1n) is 6.05. The standard InChI is InChI=1S/C14H21NO/c1-14(2)9-8-13(11-16)15(14)10-12-6-4-3-5-7-12/h3-7,13,16H,8-11H2,1-2H3/t13-/m1/s1. The third-order valence-corrected chi connectivity index (χ3v) is 3.71. The van der Waals surface area contributed by atoms with E-state index in [2.05, 4.69) is 43.0 Å². The summed E-state index contributed by atoms with van der Waals surface area (Å²) < 4.78 is 0. The first kappa shape index (κ1) is 11.6. The van der Waals surface area contributed by atoms with Crippen LogP contribution in [0.2, 0.25) is 0 Å². The molecule has 1 aliphatic rings. The zero-order valence-electron chi connectivity index (χ0n) is 10.2. The lowest BCUT2D eigenvalue weighted by molar-refractivity contribution is 0.0817. The van der Waals surface area contributed by atoms with Crippen LogP contribution in [0.25, 0.3) is 0 Å². The average Bonchev–Trinajstić information content (AvgIpc) is 2.56. The van der Waals surface area contributed by atoms with Crippen molar-refractivity contribution in [2.75, 3.05) is 6.61 Å². The van der Waals surface area contributed by atoms with Crippen LogP contribution in [0.3, 0.4) is 0 Å². The van der Waals surface area contributed by atoms with Crippen LogP contribution in [0.1, 0.15) is 32.3 Å². The van der Waals surface area contributed by atoms with Gasteiger partial charge in [-0.1, -0.05) is 30.3 Å². The molecule has 1 fully saturated rings. The molecule has 0 amide bonds. The fourth-order valence-corrected chi connectivity index (χ4v) is 2.63. The first-order chi connectivity index (χ1) is 7.63. The molecule has 0 saturated carbocycles. The summed E-state index contributed by atoms with van der Waals surface area (Å²) in [7, 11) is 0. The van der Waals surface area contributed by atoms with Crippen molar-refractivity contribution in [3.8, 4) is 0 Å². The van der Waals surface area contributed by atoms with E-state index < -0.39 is 0 Å². The second kappa shape index (κ2) is 4.56. The number of aliphatic hydroxyl groups excluding tert-OH is 1. The number of nitrogens with zero attached hydrogens (tertiary/aromatic N) is 1. The van der Waals surface area contributed by atoms with Crippen molar-refractivity contribution < 1.29 is 5.11 Å². The maximum atomic E-state index is 9.41. The summed E-state index contributed by atoms with van der Waals surface area (Å²) >= 11 is 0. The van der Waals surface area contributed by atoms with Crippen LogP contribution in [0.15, 0.2) is 30.3 Å². The highest BCUT2D eigenvalue weighted by atomic mass is 16.3. The van der Waals surface area contributed by atoms with Crippen LogP contribution < -0.4 is 0 Å². The number of benzene rings is 1. The number of hydrogen-bond donors (Lipinski definition) is 1. The van der Waals surface area contributed by atoms with Crippen molar-refractivity contribution in [2.45, 2.75) is 44.8 Å². The topological polar surface area (TPSA) is 23.5 Å². The lowest BCUT2D eigenvalue weighted by Gasteiger charge is -2.35. The molecular weight excluding hydrogens is 198 g/mol. The van der Waals surface area contributed by atoms with Gasteiger partial charge in [0.2, 0.25) is 0 Å². The zero-order valence-corrected chi connectivity index (χ0v) is 10.2. The number of hydrogen-bond acceptors (Lipinski definition) is 2. The van der Waals surface area contributed by atoms with E-state index in [1.54, 1.807) is 0 Å². The Morgan fingerprint density at radius 1 is 1.31 bits per heavy atom. The highest BCUT2D eigenvalue weighted by molar-refractivity contribution is 5.15. The molecule has 16 heavy (non-hydrogen) atoms. The van der Waals surface area contributed by atoms with Crippen molar-refractivity contribution in [1.29, 1.82) is 0 Å². The minimum atomic E-state index is 0.212. The zero-order chi connectivity index (χ0) is 11.6. The van der Waals surface area contributed by atoms with Crippen molar-refractivity contribution in [2.24, 2.45) is 0 Å². The van der Waals surface area contributed by atoms with E-state index in [1.165, 1.54) is 12.0 Å². The summed E-state index contributed by atoms with van der Waals surface area (Å²) in [6.07, 6.45) is 2.28. The molecule has 1 heterocycles. The number of likely N-dealkylation sites (tertiary alicyclic amines) is 1. The van der Waals surface area contributed by atoms with Gasteiger partial charge in [-0.2, -0.15) is 0 Å². The summed E-state index contributed by atoms with van der Waals surface area (Å²) in [6.45, 7) is 5.76. The molecule has 0 aromatic heterocycles. The molecule has 1 atom stereocenters. The Labute approximate surface area is 97.9 Å². The predicted octanol–water partition coefficient (Wildman–Crippen LogP) is 2.42. The van der Waals surface area contributed by atoms with E-state index in [0.29, 0.717) is 6.04 Å². The van der Waals surface area contributed by atoms with E-state index in [-0.39, 0.29) is 12.1 Å². The molecule has 0 aliphatic carbocycles. The minimum Gasteiger partial charge on any atom is -0.395 e. The first-order valence-corrected chi connectivity index (χ1v) is 6.05. The van der Waals surface area contributed by atoms with E-state index in [4.69, 9.17) is 0 Å². The normalized spacial score (nSPS) is 24.8. The van der Waals surface area contributed by atoms with Crippen molar-refractivity contribution in [3.63, 3.8) is 0 Å².